The third-order valence-electron chi connectivity index (χ3n) is 3.64. The van der Waals surface area contributed by atoms with Crippen LogP contribution in [0, 0.1) is 0 Å². The molecule has 0 bridgehead atoms. The number of hydrogen-bond donors (Lipinski definition) is 0. The lowest BCUT2D eigenvalue weighted by atomic mass is 9.95. The smallest absolute Gasteiger partial charge is 0.190 e. The molecule has 0 aromatic carbocycles. The highest BCUT2D eigenvalue weighted by atomic mass is 16.9. The number of fused-ring (bicyclic) bond motifs is 3. The van der Waals surface area contributed by atoms with Crippen LogP contribution in [-0.2, 0) is 23.7 Å². The van der Waals surface area contributed by atoms with Gasteiger partial charge in [0.15, 0.2) is 17.9 Å². The van der Waals surface area contributed by atoms with Gasteiger partial charge in [0.1, 0.15) is 24.4 Å². The van der Waals surface area contributed by atoms with Gasteiger partial charge in [-0.1, -0.05) is 6.58 Å². The summed E-state index contributed by atoms with van der Waals surface area (Å²) in [5.41, 5.74) is 0.906. The van der Waals surface area contributed by atoms with E-state index in [2.05, 4.69) is 6.58 Å². The minimum absolute atomic E-state index is 0.197. The van der Waals surface area contributed by atoms with Gasteiger partial charge in [-0.15, -0.1) is 0 Å². The molecule has 108 valence electrons. The van der Waals surface area contributed by atoms with Crippen molar-refractivity contribution in [3.8, 4) is 0 Å². The summed E-state index contributed by atoms with van der Waals surface area (Å²) in [6.45, 7) is 13.5. The molecule has 5 nitrogen and oxygen atoms in total. The molecule has 5 heteroatoms. The molecule has 0 amide bonds. The van der Waals surface area contributed by atoms with Gasteiger partial charge in [0.05, 0.1) is 0 Å². The van der Waals surface area contributed by atoms with Crippen LogP contribution in [0.25, 0.3) is 0 Å². The van der Waals surface area contributed by atoms with Gasteiger partial charge in [0, 0.05) is 0 Å². The Bertz CT molecular complexity index is 403. The molecule has 2 unspecified atom stereocenters. The normalized spacial score (nSPS) is 46.7. The zero-order chi connectivity index (χ0) is 14.0. The molecule has 3 aliphatic heterocycles. The number of hydrogen-bond acceptors (Lipinski definition) is 5. The van der Waals surface area contributed by atoms with Crippen molar-refractivity contribution in [3.05, 3.63) is 12.2 Å². The minimum Gasteiger partial charge on any atom is -0.342 e. The van der Waals surface area contributed by atoms with E-state index in [1.807, 2.05) is 34.6 Å². The van der Waals surface area contributed by atoms with Crippen molar-refractivity contribution >= 4 is 0 Å². The largest absolute Gasteiger partial charge is 0.342 e. The van der Waals surface area contributed by atoms with Crippen molar-refractivity contribution in [2.24, 2.45) is 0 Å². The van der Waals surface area contributed by atoms with Crippen molar-refractivity contribution in [2.45, 2.75) is 76.9 Å². The van der Waals surface area contributed by atoms with Crippen LogP contribution in [-0.4, -0.2) is 42.3 Å². The van der Waals surface area contributed by atoms with E-state index in [9.17, 15) is 0 Å². The van der Waals surface area contributed by atoms with E-state index >= 15 is 0 Å². The molecule has 3 saturated heterocycles. The Kier molecular flexibility index (Phi) is 2.86. The maximum Gasteiger partial charge on any atom is 0.190 e. The van der Waals surface area contributed by atoms with Crippen molar-refractivity contribution in [1.82, 2.24) is 0 Å². The zero-order valence-electron chi connectivity index (χ0n) is 12.1. The van der Waals surface area contributed by atoms with E-state index in [0.717, 1.165) is 5.57 Å². The van der Waals surface area contributed by atoms with Crippen LogP contribution in [0.3, 0.4) is 0 Å². The van der Waals surface area contributed by atoms with Crippen LogP contribution in [0.4, 0.5) is 0 Å². The summed E-state index contributed by atoms with van der Waals surface area (Å²) < 4.78 is 29.6. The third kappa shape index (κ3) is 2.23. The van der Waals surface area contributed by atoms with Gasteiger partial charge < -0.3 is 23.7 Å². The molecule has 0 N–H and O–H groups in total. The molecule has 3 aliphatic rings. The fourth-order valence-electron chi connectivity index (χ4n) is 3.01. The molecule has 0 saturated carbocycles. The quantitative estimate of drug-likeness (QED) is 0.682. The first-order valence-electron chi connectivity index (χ1n) is 6.71. The van der Waals surface area contributed by atoms with Gasteiger partial charge in [0.2, 0.25) is 0 Å². The monoisotopic (exact) mass is 270 g/mol. The predicted molar refractivity (Wildman–Crippen MR) is 67.3 cm³/mol. The molecular formula is C14H22O5. The van der Waals surface area contributed by atoms with Crippen LogP contribution in [0.1, 0.15) is 34.6 Å². The Morgan fingerprint density at radius 2 is 1.37 bits per heavy atom. The van der Waals surface area contributed by atoms with E-state index in [4.69, 9.17) is 23.7 Å². The highest BCUT2D eigenvalue weighted by molar-refractivity contribution is 5.11. The van der Waals surface area contributed by atoms with Gasteiger partial charge in [0.25, 0.3) is 0 Å². The summed E-state index contributed by atoms with van der Waals surface area (Å²) >= 11 is 0. The van der Waals surface area contributed by atoms with Gasteiger partial charge in [-0.05, 0) is 40.2 Å². The Morgan fingerprint density at radius 3 is 2.00 bits per heavy atom. The van der Waals surface area contributed by atoms with Gasteiger partial charge >= 0.3 is 0 Å². The molecule has 0 aliphatic carbocycles. The molecule has 19 heavy (non-hydrogen) atoms. The van der Waals surface area contributed by atoms with E-state index in [0.29, 0.717) is 0 Å². The third-order valence-corrected chi connectivity index (χ3v) is 3.64. The lowest BCUT2D eigenvalue weighted by Gasteiger charge is -2.37. The summed E-state index contributed by atoms with van der Waals surface area (Å²) in [6, 6.07) is 0. The minimum atomic E-state index is -0.667. The standard InChI is InChI=1S/C14H22O5/c1-7(2)8-9-10(17-13(3,4)16-9)11-12(15-8)19-14(5,6)18-11/h8-12H,1H2,2-6H3/t8-,9+,10+,11?,12?/m0/s1. The van der Waals surface area contributed by atoms with Crippen molar-refractivity contribution < 1.29 is 23.7 Å². The van der Waals surface area contributed by atoms with Crippen molar-refractivity contribution in [1.29, 1.82) is 0 Å². The van der Waals surface area contributed by atoms with Crippen LogP contribution in [0.2, 0.25) is 0 Å². The molecule has 0 aromatic heterocycles. The lowest BCUT2D eigenvalue weighted by Crippen LogP contribution is -2.55. The number of rotatable bonds is 1. The fourth-order valence-corrected chi connectivity index (χ4v) is 3.01. The average Bonchev–Trinajstić information content (AvgIpc) is 2.70. The van der Waals surface area contributed by atoms with Crippen LogP contribution >= 0.6 is 0 Å². The summed E-state index contributed by atoms with van der Waals surface area (Å²) in [6.07, 6.45) is -1.33. The van der Waals surface area contributed by atoms with Gasteiger partial charge in [-0.3, -0.25) is 0 Å². The molecule has 3 heterocycles. The first kappa shape index (κ1) is 13.5. The SMILES string of the molecule is C=C(C)[C@@H]1OC2OC(C)(C)OC2[C@@H]2OC(C)(C)O[C@H]12. The highest BCUT2D eigenvalue weighted by Gasteiger charge is 2.60. The Balaban J connectivity index is 1.91. The molecule has 0 aromatic rings. The second kappa shape index (κ2) is 4.02. The van der Waals surface area contributed by atoms with Crippen molar-refractivity contribution in [2.75, 3.05) is 0 Å². The second-order valence-corrected chi connectivity index (χ2v) is 6.44. The summed E-state index contributed by atoms with van der Waals surface area (Å²) in [5, 5.41) is 0. The fraction of sp³-hybridized carbons (Fsp3) is 0.857. The molecule has 5 atom stereocenters. The van der Waals surface area contributed by atoms with E-state index in [1.165, 1.54) is 0 Å². The molecule has 0 spiro atoms. The lowest BCUT2D eigenvalue weighted by molar-refractivity contribution is -0.224. The Hall–Kier alpha value is -0.460. The maximum atomic E-state index is 5.99. The van der Waals surface area contributed by atoms with Gasteiger partial charge in [-0.2, -0.15) is 0 Å². The predicted octanol–water partition coefficient (Wildman–Crippen LogP) is 1.96. The summed E-state index contributed by atoms with van der Waals surface area (Å²) in [4.78, 5) is 0. The first-order valence-corrected chi connectivity index (χ1v) is 6.71. The second-order valence-electron chi connectivity index (χ2n) is 6.44. The summed E-state index contributed by atoms with van der Waals surface area (Å²) in [5.74, 6) is -1.31. The first-order chi connectivity index (χ1) is 8.69. The van der Waals surface area contributed by atoms with Crippen LogP contribution in [0.15, 0.2) is 12.2 Å². The van der Waals surface area contributed by atoms with E-state index in [1.54, 1.807) is 0 Å². The topological polar surface area (TPSA) is 46.2 Å². The van der Waals surface area contributed by atoms with Crippen molar-refractivity contribution in [3.63, 3.8) is 0 Å². The molecular weight excluding hydrogens is 248 g/mol. The summed E-state index contributed by atoms with van der Waals surface area (Å²) in [7, 11) is 0. The molecule has 3 fully saturated rings. The van der Waals surface area contributed by atoms with E-state index in [-0.39, 0.29) is 24.4 Å². The Morgan fingerprint density at radius 1 is 0.842 bits per heavy atom. The highest BCUT2D eigenvalue weighted by Crippen LogP contribution is 2.45. The molecule has 0 radical (unpaired) electrons. The average molecular weight is 270 g/mol. The maximum absolute atomic E-state index is 5.99. The van der Waals surface area contributed by atoms with Crippen LogP contribution in [0.5, 0.6) is 0 Å². The van der Waals surface area contributed by atoms with Crippen LogP contribution < -0.4 is 0 Å². The zero-order valence-corrected chi connectivity index (χ0v) is 12.1. The number of ether oxygens (including phenoxy) is 5. The molecule has 3 rings (SSSR count). The van der Waals surface area contributed by atoms with Gasteiger partial charge in [-0.25, -0.2) is 0 Å². The Labute approximate surface area is 113 Å². The van der Waals surface area contributed by atoms with E-state index < -0.39 is 17.9 Å².